The van der Waals surface area contributed by atoms with Gasteiger partial charge in [-0.15, -0.1) is 0 Å². The number of nitrogens with zero attached hydrogens (tertiary/aromatic N) is 1. The Balaban J connectivity index is 1.68. The molecule has 1 aliphatic heterocycles. The Bertz CT molecular complexity index is 782. The Morgan fingerprint density at radius 2 is 2.04 bits per heavy atom. The lowest BCUT2D eigenvalue weighted by Crippen LogP contribution is -2.34. The number of aliphatic carboxylic acids is 1. The van der Waals surface area contributed by atoms with Crippen LogP contribution in [0.15, 0.2) is 40.8 Å². The van der Waals surface area contributed by atoms with Gasteiger partial charge in [0, 0.05) is 18.7 Å². The van der Waals surface area contributed by atoms with Crippen LogP contribution in [-0.2, 0) is 11.4 Å². The lowest BCUT2D eigenvalue weighted by molar-refractivity contribution is -0.147. The first-order chi connectivity index (χ1) is 11.9. The van der Waals surface area contributed by atoms with E-state index >= 15 is 0 Å². The summed E-state index contributed by atoms with van der Waals surface area (Å²) in [6.45, 7) is 4.36. The predicted octanol–water partition coefficient (Wildman–Crippen LogP) is 3.10. The molecule has 0 aliphatic carbocycles. The number of carboxylic acid groups (broad SMARTS) is 1. The van der Waals surface area contributed by atoms with Gasteiger partial charge in [0.15, 0.2) is 5.76 Å². The Morgan fingerprint density at radius 1 is 1.32 bits per heavy atom. The molecule has 1 aromatic heterocycles. The SMILES string of the molecule is Cc1oc(C(=O)N2CCC(C)(C(=O)O)C2)cc1COc1ccccc1. The van der Waals surface area contributed by atoms with Gasteiger partial charge in [0.2, 0.25) is 0 Å². The minimum Gasteiger partial charge on any atom is -0.489 e. The zero-order chi connectivity index (χ0) is 18.0. The second kappa shape index (κ2) is 6.63. The van der Waals surface area contributed by atoms with Gasteiger partial charge in [-0.25, -0.2) is 0 Å². The molecule has 1 amide bonds. The second-order valence-corrected chi connectivity index (χ2v) is 6.64. The number of hydrogen-bond donors (Lipinski definition) is 1. The van der Waals surface area contributed by atoms with Crippen molar-refractivity contribution in [1.29, 1.82) is 0 Å². The number of carbonyl (C=O) groups is 2. The van der Waals surface area contributed by atoms with Gasteiger partial charge in [-0.3, -0.25) is 9.59 Å². The minimum atomic E-state index is -0.892. The fourth-order valence-electron chi connectivity index (χ4n) is 2.91. The van der Waals surface area contributed by atoms with E-state index in [1.165, 1.54) is 4.90 Å². The molecule has 1 fully saturated rings. The van der Waals surface area contributed by atoms with Crippen LogP contribution in [0.2, 0.25) is 0 Å². The molecule has 0 spiro atoms. The molecule has 0 radical (unpaired) electrons. The van der Waals surface area contributed by atoms with Crippen molar-refractivity contribution in [2.45, 2.75) is 26.9 Å². The van der Waals surface area contributed by atoms with Crippen molar-refractivity contribution < 1.29 is 23.8 Å². The highest BCUT2D eigenvalue weighted by Gasteiger charge is 2.42. The zero-order valence-electron chi connectivity index (χ0n) is 14.3. The van der Waals surface area contributed by atoms with Gasteiger partial charge in [-0.1, -0.05) is 18.2 Å². The number of carbonyl (C=O) groups excluding carboxylic acids is 1. The molecule has 1 unspecified atom stereocenters. The molecule has 1 aliphatic rings. The maximum atomic E-state index is 12.6. The van der Waals surface area contributed by atoms with E-state index in [-0.39, 0.29) is 18.2 Å². The Labute approximate surface area is 146 Å². The number of furan rings is 1. The van der Waals surface area contributed by atoms with E-state index in [1.54, 1.807) is 19.9 Å². The Hall–Kier alpha value is -2.76. The van der Waals surface area contributed by atoms with E-state index in [1.807, 2.05) is 30.3 Å². The van der Waals surface area contributed by atoms with Crippen molar-refractivity contribution in [2.24, 2.45) is 5.41 Å². The highest BCUT2D eigenvalue weighted by Crippen LogP contribution is 2.31. The maximum Gasteiger partial charge on any atom is 0.311 e. The molecule has 6 heteroatoms. The van der Waals surface area contributed by atoms with Crippen LogP contribution in [0.5, 0.6) is 5.75 Å². The van der Waals surface area contributed by atoms with Crippen LogP contribution in [0.25, 0.3) is 0 Å². The van der Waals surface area contributed by atoms with Gasteiger partial charge in [-0.2, -0.15) is 0 Å². The van der Waals surface area contributed by atoms with Crippen LogP contribution in [0, 0.1) is 12.3 Å². The van der Waals surface area contributed by atoms with Gasteiger partial charge in [0.1, 0.15) is 18.1 Å². The third kappa shape index (κ3) is 3.52. The number of benzene rings is 1. The van der Waals surface area contributed by atoms with E-state index in [0.717, 1.165) is 11.3 Å². The first kappa shape index (κ1) is 17.1. The average Bonchev–Trinajstić information content (AvgIpc) is 3.18. The summed E-state index contributed by atoms with van der Waals surface area (Å²) in [5.41, 5.74) is -0.0938. The Morgan fingerprint density at radius 3 is 2.68 bits per heavy atom. The lowest BCUT2D eigenvalue weighted by Gasteiger charge is -2.19. The molecule has 1 aromatic carbocycles. The van der Waals surface area contributed by atoms with Crippen molar-refractivity contribution in [3.63, 3.8) is 0 Å². The average molecular weight is 343 g/mol. The van der Waals surface area contributed by atoms with Gasteiger partial charge < -0.3 is 19.2 Å². The summed E-state index contributed by atoms with van der Waals surface area (Å²) in [6, 6.07) is 11.1. The number of hydrogen-bond acceptors (Lipinski definition) is 4. The number of carboxylic acids is 1. The van der Waals surface area contributed by atoms with Gasteiger partial charge in [-0.05, 0) is 38.5 Å². The largest absolute Gasteiger partial charge is 0.489 e. The summed E-state index contributed by atoms with van der Waals surface area (Å²) in [6.07, 6.45) is 0.442. The summed E-state index contributed by atoms with van der Waals surface area (Å²) in [4.78, 5) is 25.5. The topological polar surface area (TPSA) is 80.0 Å². The molecule has 2 aromatic rings. The summed E-state index contributed by atoms with van der Waals surface area (Å²) in [5.74, 6) is 0.431. The zero-order valence-corrected chi connectivity index (χ0v) is 14.3. The van der Waals surface area contributed by atoms with Crippen LogP contribution in [0.3, 0.4) is 0 Å². The molecule has 2 heterocycles. The fourth-order valence-corrected chi connectivity index (χ4v) is 2.91. The van der Waals surface area contributed by atoms with E-state index in [2.05, 4.69) is 0 Å². The van der Waals surface area contributed by atoms with Gasteiger partial charge >= 0.3 is 5.97 Å². The highest BCUT2D eigenvalue weighted by atomic mass is 16.5. The van der Waals surface area contributed by atoms with Crippen molar-refractivity contribution in [3.05, 3.63) is 53.5 Å². The van der Waals surface area contributed by atoms with Crippen LogP contribution in [0.1, 0.15) is 35.2 Å². The number of amides is 1. The van der Waals surface area contributed by atoms with E-state index in [4.69, 9.17) is 9.15 Å². The molecule has 0 bridgehead atoms. The number of rotatable bonds is 5. The van der Waals surface area contributed by atoms with E-state index in [0.29, 0.717) is 25.3 Å². The summed E-state index contributed by atoms with van der Waals surface area (Å²) in [5, 5.41) is 9.29. The molecule has 3 rings (SSSR count). The van der Waals surface area contributed by atoms with Gasteiger partial charge in [0.25, 0.3) is 5.91 Å². The number of aryl methyl sites for hydroxylation is 1. The first-order valence-electron chi connectivity index (χ1n) is 8.19. The molecule has 1 N–H and O–H groups in total. The maximum absolute atomic E-state index is 12.6. The molecule has 25 heavy (non-hydrogen) atoms. The lowest BCUT2D eigenvalue weighted by atomic mass is 9.90. The van der Waals surface area contributed by atoms with Crippen LogP contribution >= 0.6 is 0 Å². The minimum absolute atomic E-state index is 0.191. The molecular formula is C19H21NO5. The summed E-state index contributed by atoms with van der Waals surface area (Å²) >= 11 is 0. The van der Waals surface area contributed by atoms with Gasteiger partial charge in [0.05, 0.1) is 5.41 Å². The van der Waals surface area contributed by atoms with Crippen molar-refractivity contribution in [2.75, 3.05) is 13.1 Å². The van der Waals surface area contributed by atoms with E-state index in [9.17, 15) is 14.7 Å². The van der Waals surface area contributed by atoms with Crippen LogP contribution in [0.4, 0.5) is 0 Å². The normalized spacial score (nSPS) is 19.8. The summed E-state index contributed by atoms with van der Waals surface area (Å²) in [7, 11) is 0. The van der Waals surface area contributed by atoms with Crippen LogP contribution < -0.4 is 4.74 Å². The molecule has 0 saturated carbocycles. The number of para-hydroxylation sites is 1. The third-order valence-electron chi connectivity index (χ3n) is 4.65. The molecular weight excluding hydrogens is 322 g/mol. The second-order valence-electron chi connectivity index (χ2n) is 6.64. The van der Waals surface area contributed by atoms with Crippen molar-refractivity contribution >= 4 is 11.9 Å². The molecule has 132 valence electrons. The van der Waals surface area contributed by atoms with E-state index < -0.39 is 11.4 Å². The van der Waals surface area contributed by atoms with Crippen LogP contribution in [-0.4, -0.2) is 35.0 Å². The monoisotopic (exact) mass is 343 g/mol. The standard InChI is InChI=1S/C19H21NO5/c1-13-14(11-24-15-6-4-3-5-7-15)10-16(25-13)17(21)20-9-8-19(2,12-20)18(22)23/h3-7,10H,8-9,11-12H2,1-2H3,(H,22,23). The summed E-state index contributed by atoms with van der Waals surface area (Å²) < 4.78 is 11.3. The van der Waals surface area contributed by atoms with Crippen molar-refractivity contribution in [3.8, 4) is 5.75 Å². The first-order valence-corrected chi connectivity index (χ1v) is 8.19. The Kier molecular flexibility index (Phi) is 4.53. The fraction of sp³-hybridized carbons (Fsp3) is 0.368. The number of ether oxygens (including phenoxy) is 1. The number of likely N-dealkylation sites (tertiary alicyclic amines) is 1. The highest BCUT2D eigenvalue weighted by molar-refractivity contribution is 5.92. The molecule has 6 nitrogen and oxygen atoms in total. The smallest absolute Gasteiger partial charge is 0.311 e. The molecule has 1 atom stereocenters. The third-order valence-corrected chi connectivity index (χ3v) is 4.65. The van der Waals surface area contributed by atoms with Crippen molar-refractivity contribution in [1.82, 2.24) is 4.90 Å². The molecule has 1 saturated heterocycles. The quantitative estimate of drug-likeness (QED) is 0.902. The predicted molar refractivity (Wildman–Crippen MR) is 90.5 cm³/mol.